The zero-order chi connectivity index (χ0) is 12.4. The van der Waals surface area contributed by atoms with Crippen molar-refractivity contribution in [3.63, 3.8) is 0 Å². The highest BCUT2D eigenvalue weighted by Crippen LogP contribution is 2.23. The van der Waals surface area contributed by atoms with Gasteiger partial charge in [0.2, 0.25) is 0 Å². The van der Waals surface area contributed by atoms with Gasteiger partial charge in [0.15, 0.2) is 10.3 Å². The van der Waals surface area contributed by atoms with E-state index in [9.17, 15) is 0 Å². The average Bonchev–Trinajstić information content (AvgIpc) is 2.82. The Kier molecular flexibility index (Phi) is 2.95. The van der Waals surface area contributed by atoms with Crippen LogP contribution in [-0.2, 0) is 6.54 Å². The van der Waals surface area contributed by atoms with Crippen LogP contribution in [0.2, 0.25) is 0 Å². The Bertz CT molecular complexity index is 629. The van der Waals surface area contributed by atoms with E-state index in [0.29, 0.717) is 11.7 Å². The molecule has 3 aromatic rings. The third-order valence-electron chi connectivity index (χ3n) is 2.47. The Hall–Kier alpha value is -1.92. The summed E-state index contributed by atoms with van der Waals surface area (Å²) in [5, 5.41) is 1.45. The fraction of sp³-hybridized carbons (Fsp3) is 0.0833. The van der Waals surface area contributed by atoms with Crippen LogP contribution in [0, 0.1) is 0 Å². The molecule has 0 fully saturated rings. The number of rotatable bonds is 3. The molecular formula is C12H11N5S. The maximum atomic E-state index is 5.50. The van der Waals surface area contributed by atoms with Crippen LogP contribution in [-0.4, -0.2) is 19.9 Å². The van der Waals surface area contributed by atoms with Gasteiger partial charge in [-0.25, -0.2) is 15.0 Å². The number of aromatic amines is 1. The van der Waals surface area contributed by atoms with Crippen molar-refractivity contribution in [3.8, 4) is 0 Å². The lowest BCUT2D eigenvalue weighted by atomic mass is 10.3. The molecule has 0 aliphatic rings. The molecule has 0 atom stereocenters. The number of nitrogens with two attached hydrogens (primary N) is 1. The number of aromatic nitrogens is 4. The standard InChI is InChI=1S/C12H11N5S/c13-5-8-6-14-11(15-7-8)18-12-16-9-3-1-2-4-10(9)17-12/h1-4,6-7H,5,13H2,(H,16,17). The monoisotopic (exact) mass is 257 g/mol. The number of imidazole rings is 1. The van der Waals surface area contributed by atoms with Crippen LogP contribution in [0.25, 0.3) is 11.0 Å². The molecular weight excluding hydrogens is 246 g/mol. The Balaban J connectivity index is 1.86. The van der Waals surface area contributed by atoms with E-state index in [0.717, 1.165) is 21.8 Å². The van der Waals surface area contributed by atoms with Crippen LogP contribution in [0.4, 0.5) is 0 Å². The van der Waals surface area contributed by atoms with Gasteiger partial charge in [0, 0.05) is 24.5 Å². The normalized spacial score (nSPS) is 10.9. The second kappa shape index (κ2) is 4.75. The van der Waals surface area contributed by atoms with E-state index in [4.69, 9.17) is 5.73 Å². The topological polar surface area (TPSA) is 80.5 Å². The van der Waals surface area contributed by atoms with Gasteiger partial charge in [0.25, 0.3) is 0 Å². The Labute approximate surface area is 108 Å². The number of para-hydroxylation sites is 2. The van der Waals surface area contributed by atoms with Gasteiger partial charge in [-0.3, -0.25) is 0 Å². The number of nitrogens with zero attached hydrogens (tertiary/aromatic N) is 3. The maximum Gasteiger partial charge on any atom is 0.195 e. The summed E-state index contributed by atoms with van der Waals surface area (Å²) in [7, 11) is 0. The molecule has 1 aromatic carbocycles. The van der Waals surface area contributed by atoms with E-state index in [1.165, 1.54) is 11.8 Å². The average molecular weight is 257 g/mol. The first-order valence-corrected chi connectivity index (χ1v) is 6.30. The van der Waals surface area contributed by atoms with E-state index < -0.39 is 0 Å². The molecule has 2 heterocycles. The molecule has 0 amide bonds. The summed E-state index contributed by atoms with van der Waals surface area (Å²) in [4.78, 5) is 16.1. The lowest BCUT2D eigenvalue weighted by molar-refractivity contribution is 0.908. The molecule has 0 aliphatic carbocycles. The Morgan fingerprint density at radius 3 is 2.67 bits per heavy atom. The summed E-state index contributed by atoms with van der Waals surface area (Å²) < 4.78 is 0. The second-order valence-corrected chi connectivity index (χ2v) is 4.70. The third kappa shape index (κ3) is 2.20. The largest absolute Gasteiger partial charge is 0.333 e. The van der Waals surface area contributed by atoms with E-state index in [2.05, 4.69) is 19.9 Å². The van der Waals surface area contributed by atoms with Crippen molar-refractivity contribution in [3.05, 3.63) is 42.2 Å². The van der Waals surface area contributed by atoms with E-state index in [1.54, 1.807) is 12.4 Å². The van der Waals surface area contributed by atoms with Gasteiger partial charge >= 0.3 is 0 Å². The summed E-state index contributed by atoms with van der Waals surface area (Å²) in [5.41, 5.74) is 8.37. The van der Waals surface area contributed by atoms with Crippen molar-refractivity contribution >= 4 is 22.8 Å². The molecule has 3 rings (SSSR count). The minimum Gasteiger partial charge on any atom is -0.333 e. The second-order valence-electron chi connectivity index (χ2n) is 3.74. The number of benzene rings is 1. The maximum absolute atomic E-state index is 5.50. The van der Waals surface area contributed by atoms with Gasteiger partial charge < -0.3 is 10.7 Å². The lowest BCUT2D eigenvalue weighted by Gasteiger charge is -1.97. The smallest absolute Gasteiger partial charge is 0.195 e. The fourth-order valence-corrected chi connectivity index (χ4v) is 2.25. The van der Waals surface area contributed by atoms with E-state index in [1.807, 2.05) is 24.3 Å². The van der Waals surface area contributed by atoms with Gasteiger partial charge in [-0.1, -0.05) is 12.1 Å². The molecule has 3 N–H and O–H groups in total. The predicted molar refractivity (Wildman–Crippen MR) is 70.1 cm³/mol. The highest BCUT2D eigenvalue weighted by atomic mass is 32.2. The van der Waals surface area contributed by atoms with Gasteiger partial charge in [-0.15, -0.1) is 0 Å². The molecule has 2 aromatic heterocycles. The van der Waals surface area contributed by atoms with Crippen LogP contribution in [0.1, 0.15) is 5.56 Å². The van der Waals surface area contributed by atoms with Crippen LogP contribution in [0.15, 0.2) is 47.0 Å². The van der Waals surface area contributed by atoms with Crippen molar-refractivity contribution in [2.75, 3.05) is 0 Å². The Morgan fingerprint density at radius 2 is 1.94 bits per heavy atom. The van der Waals surface area contributed by atoms with Crippen molar-refractivity contribution in [2.24, 2.45) is 5.73 Å². The quantitative estimate of drug-likeness (QED) is 0.701. The minimum absolute atomic E-state index is 0.454. The Morgan fingerprint density at radius 1 is 1.17 bits per heavy atom. The SMILES string of the molecule is NCc1cnc(Sc2nc3ccccc3[nH]2)nc1. The van der Waals surface area contributed by atoms with Crippen LogP contribution in [0.5, 0.6) is 0 Å². The van der Waals surface area contributed by atoms with Gasteiger partial charge in [-0.05, 0) is 23.9 Å². The van der Waals surface area contributed by atoms with Crippen molar-refractivity contribution in [1.29, 1.82) is 0 Å². The summed E-state index contributed by atoms with van der Waals surface area (Å²) >= 11 is 1.40. The van der Waals surface area contributed by atoms with Crippen LogP contribution in [0.3, 0.4) is 0 Å². The molecule has 0 saturated heterocycles. The molecule has 6 heteroatoms. The molecule has 18 heavy (non-hydrogen) atoms. The summed E-state index contributed by atoms with van der Waals surface area (Å²) in [6.07, 6.45) is 3.47. The number of fused-ring (bicyclic) bond motifs is 1. The number of hydrogen-bond acceptors (Lipinski definition) is 5. The fourth-order valence-electron chi connectivity index (χ4n) is 1.57. The molecule has 0 bridgehead atoms. The number of nitrogens with one attached hydrogen (secondary N) is 1. The summed E-state index contributed by atoms with van der Waals surface area (Å²) in [5.74, 6) is 0. The van der Waals surface area contributed by atoms with Crippen molar-refractivity contribution in [2.45, 2.75) is 16.9 Å². The highest BCUT2D eigenvalue weighted by Gasteiger charge is 2.05. The van der Waals surface area contributed by atoms with Crippen LogP contribution >= 0.6 is 11.8 Å². The molecule has 0 spiro atoms. The highest BCUT2D eigenvalue weighted by molar-refractivity contribution is 7.99. The lowest BCUT2D eigenvalue weighted by Crippen LogP contribution is -1.98. The van der Waals surface area contributed by atoms with Crippen LogP contribution < -0.4 is 5.73 Å². The molecule has 0 aliphatic heterocycles. The van der Waals surface area contributed by atoms with Gasteiger partial charge in [0.05, 0.1) is 11.0 Å². The zero-order valence-electron chi connectivity index (χ0n) is 9.50. The molecule has 90 valence electrons. The summed E-state index contributed by atoms with van der Waals surface area (Å²) in [6.45, 7) is 0.454. The van der Waals surface area contributed by atoms with E-state index in [-0.39, 0.29) is 0 Å². The van der Waals surface area contributed by atoms with E-state index >= 15 is 0 Å². The molecule has 5 nitrogen and oxygen atoms in total. The van der Waals surface area contributed by atoms with Gasteiger partial charge in [0.1, 0.15) is 0 Å². The molecule has 0 radical (unpaired) electrons. The number of H-pyrrole nitrogens is 1. The van der Waals surface area contributed by atoms with Crippen molar-refractivity contribution < 1.29 is 0 Å². The predicted octanol–water partition coefficient (Wildman–Crippen LogP) is 1.96. The summed E-state index contributed by atoms with van der Waals surface area (Å²) in [6, 6.07) is 7.89. The number of hydrogen-bond donors (Lipinski definition) is 2. The molecule has 0 unspecified atom stereocenters. The van der Waals surface area contributed by atoms with Gasteiger partial charge in [-0.2, -0.15) is 0 Å². The van der Waals surface area contributed by atoms with Crippen molar-refractivity contribution in [1.82, 2.24) is 19.9 Å². The first kappa shape index (κ1) is 11.2. The third-order valence-corrected chi connectivity index (χ3v) is 3.25. The zero-order valence-corrected chi connectivity index (χ0v) is 10.3. The first-order chi connectivity index (χ1) is 8.85. The minimum atomic E-state index is 0.454. The first-order valence-electron chi connectivity index (χ1n) is 5.49. The molecule has 0 saturated carbocycles.